The zero-order valence-corrected chi connectivity index (χ0v) is 20.6. The van der Waals surface area contributed by atoms with Gasteiger partial charge in [-0.05, 0) is 23.8 Å². The lowest BCUT2D eigenvalue weighted by Gasteiger charge is -2.21. The fraction of sp³-hybridized carbons (Fsp3) is 0.304. The molecule has 0 spiro atoms. The number of hydroxylamine groups is 1. The number of sulfone groups is 1. The molecule has 0 aliphatic carbocycles. The number of ether oxygens (including phenoxy) is 4. The highest BCUT2D eigenvalue weighted by Crippen LogP contribution is 2.35. The molecule has 1 amide bonds. The normalized spacial score (nSPS) is 11.1. The van der Waals surface area contributed by atoms with Crippen LogP contribution in [0.2, 0.25) is 0 Å². The molecule has 0 fully saturated rings. The minimum absolute atomic E-state index is 0.0976. The Labute approximate surface area is 198 Å². The van der Waals surface area contributed by atoms with Crippen molar-refractivity contribution < 1.29 is 41.8 Å². The Morgan fingerprint density at radius 2 is 1.47 bits per heavy atom. The molecule has 0 aliphatic rings. The van der Waals surface area contributed by atoms with Crippen molar-refractivity contribution in [2.45, 2.75) is 19.6 Å². The third-order valence-corrected chi connectivity index (χ3v) is 5.82. The summed E-state index contributed by atoms with van der Waals surface area (Å²) in [6, 6.07) is 7.64. The van der Waals surface area contributed by atoms with E-state index in [0.29, 0.717) is 28.4 Å². The van der Waals surface area contributed by atoms with Gasteiger partial charge in [0.05, 0.1) is 39.8 Å². The lowest BCUT2D eigenvalue weighted by Crippen LogP contribution is -2.31. The van der Waals surface area contributed by atoms with Crippen LogP contribution in [0.25, 0.3) is 6.08 Å². The van der Waals surface area contributed by atoms with Gasteiger partial charge in [0.15, 0.2) is 9.84 Å². The van der Waals surface area contributed by atoms with Crippen LogP contribution < -0.4 is 24.0 Å². The molecule has 2 aromatic rings. The number of carbonyl (C=O) groups excluding carboxylic acids is 2. The maximum absolute atomic E-state index is 12.9. The first-order chi connectivity index (χ1) is 16.0. The van der Waals surface area contributed by atoms with Gasteiger partial charge in [-0.1, -0.05) is 6.07 Å². The number of benzene rings is 2. The number of rotatable bonds is 9. The van der Waals surface area contributed by atoms with Gasteiger partial charge in [-0.3, -0.25) is 4.79 Å². The van der Waals surface area contributed by atoms with E-state index in [9.17, 15) is 18.0 Å². The minimum Gasteiger partial charge on any atom is -0.496 e. The van der Waals surface area contributed by atoms with Crippen LogP contribution in [0.1, 0.15) is 25.0 Å². The topological polar surface area (TPSA) is 118 Å². The molecule has 10 nitrogen and oxygen atoms in total. The van der Waals surface area contributed by atoms with Gasteiger partial charge < -0.3 is 23.8 Å². The summed E-state index contributed by atoms with van der Waals surface area (Å²) in [7, 11) is 1.98. The Balaban J connectivity index is 2.42. The number of hydrogen-bond donors (Lipinski definition) is 0. The first kappa shape index (κ1) is 26.5. The summed E-state index contributed by atoms with van der Waals surface area (Å²) in [5.41, 5.74) is 0.857. The Hall–Kier alpha value is -3.73. The van der Waals surface area contributed by atoms with Gasteiger partial charge in [0.2, 0.25) is 0 Å². The fourth-order valence-electron chi connectivity index (χ4n) is 3.04. The highest BCUT2D eigenvalue weighted by atomic mass is 32.2. The number of carbonyl (C=O) groups is 2. The molecular formula is C23H27NO9S. The number of amides is 1. The second kappa shape index (κ2) is 11.4. The Morgan fingerprint density at radius 1 is 0.882 bits per heavy atom. The largest absolute Gasteiger partial charge is 0.496 e. The molecule has 11 heteroatoms. The van der Waals surface area contributed by atoms with Crippen LogP contribution in [-0.4, -0.2) is 48.7 Å². The van der Waals surface area contributed by atoms with Gasteiger partial charge in [-0.2, -0.15) is 0 Å². The third-order valence-electron chi connectivity index (χ3n) is 4.53. The van der Waals surface area contributed by atoms with Gasteiger partial charge in [-0.25, -0.2) is 13.2 Å². The summed E-state index contributed by atoms with van der Waals surface area (Å²) < 4.78 is 46.8. The van der Waals surface area contributed by atoms with Crippen molar-refractivity contribution in [2.24, 2.45) is 0 Å². The van der Waals surface area contributed by atoms with Crippen molar-refractivity contribution in [3.63, 3.8) is 0 Å². The average Bonchev–Trinajstić information content (AvgIpc) is 2.79. The molecule has 0 unspecified atom stereocenters. The number of hydrogen-bond acceptors (Lipinski definition) is 9. The molecule has 0 heterocycles. The zero-order valence-electron chi connectivity index (χ0n) is 19.8. The molecule has 0 bridgehead atoms. The second-order valence-electron chi connectivity index (χ2n) is 6.96. The third kappa shape index (κ3) is 6.64. The molecule has 0 radical (unpaired) electrons. The van der Waals surface area contributed by atoms with Gasteiger partial charge in [0, 0.05) is 31.4 Å². The molecule has 0 atom stereocenters. The molecule has 0 N–H and O–H groups in total. The molecule has 34 heavy (non-hydrogen) atoms. The summed E-state index contributed by atoms with van der Waals surface area (Å²) in [5, 5.41) is 1.79. The lowest BCUT2D eigenvalue weighted by molar-refractivity contribution is -0.147. The molecule has 0 saturated heterocycles. The van der Waals surface area contributed by atoms with Gasteiger partial charge in [0.1, 0.15) is 28.7 Å². The summed E-state index contributed by atoms with van der Waals surface area (Å²) in [6.07, 6.45) is 1.37. The van der Waals surface area contributed by atoms with Crippen LogP contribution >= 0.6 is 0 Å². The van der Waals surface area contributed by atoms with E-state index in [1.54, 1.807) is 12.1 Å². The molecule has 184 valence electrons. The highest BCUT2D eigenvalue weighted by molar-refractivity contribution is 7.93. The SMILES string of the molecule is COc1cc(OC)c(C=CS(=O)(=O)Cc2ccc(OC)c(N(OC(C)=O)C(C)=O)c2)c(OC)c1. The fourth-order valence-corrected chi connectivity index (χ4v) is 4.13. The Kier molecular flexibility index (Phi) is 8.90. The first-order valence-corrected chi connectivity index (χ1v) is 11.6. The van der Waals surface area contributed by atoms with E-state index in [1.807, 2.05) is 0 Å². The van der Waals surface area contributed by atoms with E-state index in [1.165, 1.54) is 59.6 Å². The smallest absolute Gasteiger partial charge is 0.330 e. The van der Waals surface area contributed by atoms with Crippen LogP contribution in [0, 0.1) is 0 Å². The molecule has 0 saturated carbocycles. The van der Waals surface area contributed by atoms with Crippen molar-refractivity contribution in [1.29, 1.82) is 0 Å². The first-order valence-electron chi connectivity index (χ1n) is 9.92. The van der Waals surface area contributed by atoms with E-state index in [0.717, 1.165) is 17.4 Å². The maximum atomic E-state index is 12.9. The van der Waals surface area contributed by atoms with Crippen molar-refractivity contribution in [1.82, 2.24) is 0 Å². The Bertz CT molecular complexity index is 1160. The summed E-state index contributed by atoms with van der Waals surface area (Å²) in [5.74, 6) is -0.260. The van der Waals surface area contributed by atoms with E-state index in [4.69, 9.17) is 23.8 Å². The minimum atomic E-state index is -3.78. The molecule has 0 aliphatic heterocycles. The van der Waals surface area contributed by atoms with Gasteiger partial charge >= 0.3 is 5.97 Å². The predicted octanol–water partition coefficient (Wildman–Crippen LogP) is 3.14. The number of anilines is 1. The number of nitrogens with zero attached hydrogens (tertiary/aromatic N) is 1. The van der Waals surface area contributed by atoms with Crippen LogP contribution in [0.5, 0.6) is 23.0 Å². The van der Waals surface area contributed by atoms with Crippen LogP contribution in [0.4, 0.5) is 5.69 Å². The number of methoxy groups -OCH3 is 4. The molecular weight excluding hydrogens is 466 g/mol. The van der Waals surface area contributed by atoms with Gasteiger partial charge in [0.25, 0.3) is 5.91 Å². The van der Waals surface area contributed by atoms with Crippen LogP contribution in [-0.2, 0) is 30.0 Å². The lowest BCUT2D eigenvalue weighted by atomic mass is 10.1. The van der Waals surface area contributed by atoms with E-state index >= 15 is 0 Å². The summed E-state index contributed by atoms with van der Waals surface area (Å²) >= 11 is 0. The predicted molar refractivity (Wildman–Crippen MR) is 126 cm³/mol. The molecule has 2 aromatic carbocycles. The van der Waals surface area contributed by atoms with Crippen molar-refractivity contribution >= 4 is 33.5 Å². The van der Waals surface area contributed by atoms with Crippen LogP contribution in [0.3, 0.4) is 0 Å². The zero-order chi connectivity index (χ0) is 25.5. The van der Waals surface area contributed by atoms with Crippen molar-refractivity contribution in [2.75, 3.05) is 33.5 Å². The monoisotopic (exact) mass is 493 g/mol. The Morgan fingerprint density at radius 3 is 1.94 bits per heavy atom. The highest BCUT2D eigenvalue weighted by Gasteiger charge is 2.22. The van der Waals surface area contributed by atoms with Crippen LogP contribution in [0.15, 0.2) is 35.7 Å². The van der Waals surface area contributed by atoms with E-state index < -0.39 is 27.5 Å². The van der Waals surface area contributed by atoms with E-state index in [2.05, 4.69) is 0 Å². The average molecular weight is 494 g/mol. The van der Waals surface area contributed by atoms with Crippen molar-refractivity contribution in [3.8, 4) is 23.0 Å². The standard InChI is InChI=1S/C23H27NO9S/c1-15(25)24(33-16(2)26)20-11-17(7-8-21(20)30-4)14-34(27,28)10-9-19-22(31-5)12-18(29-3)13-23(19)32-6/h7-13H,14H2,1-6H3. The van der Waals surface area contributed by atoms with Crippen molar-refractivity contribution in [3.05, 3.63) is 46.9 Å². The summed E-state index contributed by atoms with van der Waals surface area (Å²) in [6.45, 7) is 2.34. The quantitative estimate of drug-likeness (QED) is 0.486. The molecule has 0 aromatic heterocycles. The second-order valence-corrected chi connectivity index (χ2v) is 8.84. The van der Waals surface area contributed by atoms with E-state index in [-0.39, 0.29) is 11.4 Å². The maximum Gasteiger partial charge on any atom is 0.330 e. The molecule has 2 rings (SSSR count). The summed E-state index contributed by atoms with van der Waals surface area (Å²) in [4.78, 5) is 28.4. The van der Waals surface area contributed by atoms with Gasteiger partial charge in [-0.15, -0.1) is 5.06 Å².